The molecule has 0 unspecified atom stereocenters. The average Bonchev–Trinajstić information content (AvgIpc) is 3.21. The fourth-order valence-corrected chi connectivity index (χ4v) is 5.59. The number of amides is 3. The van der Waals surface area contributed by atoms with Crippen molar-refractivity contribution in [3.63, 3.8) is 0 Å². The molecule has 0 fully saturated rings. The zero-order valence-electron chi connectivity index (χ0n) is 16.7. The summed E-state index contributed by atoms with van der Waals surface area (Å²) in [5, 5.41) is 3.40. The van der Waals surface area contributed by atoms with E-state index >= 15 is 0 Å². The quantitative estimate of drug-likeness (QED) is 0.308. The summed E-state index contributed by atoms with van der Waals surface area (Å²) in [6.07, 6.45) is 0. The van der Waals surface area contributed by atoms with Gasteiger partial charge in [-0.15, -0.1) is 11.3 Å². The summed E-state index contributed by atoms with van der Waals surface area (Å²) in [7, 11) is 0. The van der Waals surface area contributed by atoms with Crippen LogP contribution in [0.25, 0.3) is 0 Å². The normalized spacial score (nSPS) is 12.8. The Kier molecular flexibility index (Phi) is 5.60. The van der Waals surface area contributed by atoms with Crippen molar-refractivity contribution >= 4 is 61.5 Å². The molecule has 31 heavy (non-hydrogen) atoms. The van der Waals surface area contributed by atoms with Gasteiger partial charge in [0.25, 0.3) is 11.8 Å². The first kappa shape index (κ1) is 21.1. The summed E-state index contributed by atoms with van der Waals surface area (Å²) < 4.78 is 0. The lowest BCUT2D eigenvalue weighted by atomic mass is 10.0. The lowest BCUT2D eigenvalue weighted by molar-refractivity contribution is -0.114. The number of nitrogens with zero attached hydrogens (tertiary/aromatic N) is 1. The van der Waals surface area contributed by atoms with Crippen LogP contribution >= 0.6 is 27.3 Å². The number of nitrogens with one attached hydrogen (secondary N) is 1. The second-order valence-electron chi connectivity index (χ2n) is 7.03. The number of benzene rings is 2. The molecule has 6 nitrogen and oxygen atoms in total. The minimum Gasteiger partial charge on any atom is -0.326 e. The van der Waals surface area contributed by atoms with E-state index in [0.29, 0.717) is 38.3 Å². The van der Waals surface area contributed by atoms with E-state index in [-0.39, 0.29) is 11.7 Å². The van der Waals surface area contributed by atoms with Gasteiger partial charge in [0, 0.05) is 28.4 Å². The molecule has 4 rings (SSSR count). The molecular formula is C23H17BrN2O4S. The van der Waals surface area contributed by atoms with Crippen LogP contribution in [-0.2, 0) is 10.1 Å². The Morgan fingerprint density at radius 3 is 2.10 bits per heavy atom. The molecule has 0 saturated heterocycles. The van der Waals surface area contributed by atoms with Crippen LogP contribution in [0, 0.1) is 6.92 Å². The van der Waals surface area contributed by atoms with Crippen LogP contribution in [0.4, 0.5) is 10.7 Å². The number of thiophene rings is 1. The van der Waals surface area contributed by atoms with E-state index in [9.17, 15) is 19.2 Å². The summed E-state index contributed by atoms with van der Waals surface area (Å²) >= 11 is 4.69. The Hall–Kier alpha value is -3.10. The molecule has 1 N–H and O–H groups in total. The number of rotatable bonds is 5. The van der Waals surface area contributed by atoms with E-state index < -0.39 is 11.8 Å². The van der Waals surface area contributed by atoms with Gasteiger partial charge in [0.05, 0.1) is 16.7 Å². The van der Waals surface area contributed by atoms with Gasteiger partial charge >= 0.3 is 0 Å². The van der Waals surface area contributed by atoms with Crippen molar-refractivity contribution < 1.29 is 19.2 Å². The van der Waals surface area contributed by atoms with Crippen molar-refractivity contribution in [2.75, 3.05) is 10.2 Å². The molecule has 3 aromatic rings. The molecule has 0 atom stereocenters. The Balaban J connectivity index is 1.79. The van der Waals surface area contributed by atoms with Crippen molar-refractivity contribution in [3.05, 3.63) is 81.2 Å². The lowest BCUT2D eigenvalue weighted by Crippen LogP contribution is -2.30. The van der Waals surface area contributed by atoms with Gasteiger partial charge < -0.3 is 5.32 Å². The monoisotopic (exact) mass is 496 g/mol. The summed E-state index contributed by atoms with van der Waals surface area (Å²) in [5.74, 6) is -1.36. The molecule has 156 valence electrons. The maximum atomic E-state index is 13.5. The largest absolute Gasteiger partial charge is 0.326 e. The number of carbonyl (C=O) groups excluding carboxylic acids is 4. The average molecular weight is 497 g/mol. The molecule has 1 aliphatic rings. The fourth-order valence-electron chi connectivity index (χ4n) is 3.54. The Bertz CT molecular complexity index is 1210. The number of hydrogen-bond acceptors (Lipinski definition) is 5. The number of halogens is 1. The lowest BCUT2D eigenvalue weighted by Gasteiger charge is -2.15. The first-order valence-corrected chi connectivity index (χ1v) is 11.4. The van der Waals surface area contributed by atoms with Crippen molar-refractivity contribution in [1.29, 1.82) is 0 Å². The van der Waals surface area contributed by atoms with Crippen molar-refractivity contribution in [3.8, 4) is 0 Å². The SMILES string of the molecule is CC(=O)Nc1ccc(C(=O)c2c(N3C(=O)c4ccccc4C3=O)sc(C)c2CBr)cc1. The van der Waals surface area contributed by atoms with E-state index in [1.807, 2.05) is 6.92 Å². The minimum absolute atomic E-state index is 0.206. The molecule has 2 heterocycles. The van der Waals surface area contributed by atoms with Gasteiger partial charge in [-0.05, 0) is 48.9 Å². The number of alkyl halides is 1. The molecule has 0 saturated carbocycles. The third-order valence-corrected chi connectivity index (χ3v) is 6.71. The van der Waals surface area contributed by atoms with E-state index in [1.54, 1.807) is 48.5 Å². The standard InChI is InChI=1S/C23H17BrN2O4S/c1-12-18(11-24)19(20(28)14-7-9-15(10-8-14)25-13(2)27)23(31-12)26-21(29)16-5-3-4-6-17(16)22(26)30/h3-10H,11H2,1-2H3,(H,25,27). The predicted molar refractivity (Wildman–Crippen MR) is 123 cm³/mol. The molecule has 0 aliphatic carbocycles. The van der Waals surface area contributed by atoms with Gasteiger partial charge in [-0.2, -0.15) is 0 Å². The van der Waals surface area contributed by atoms with Crippen LogP contribution < -0.4 is 10.2 Å². The van der Waals surface area contributed by atoms with Crippen molar-refractivity contribution in [2.24, 2.45) is 0 Å². The molecule has 0 spiro atoms. The van der Waals surface area contributed by atoms with E-state index in [1.165, 1.54) is 18.3 Å². The number of imide groups is 1. The highest BCUT2D eigenvalue weighted by molar-refractivity contribution is 9.08. The van der Waals surface area contributed by atoms with Crippen LogP contribution in [0.2, 0.25) is 0 Å². The summed E-state index contributed by atoms with van der Waals surface area (Å²) in [6.45, 7) is 3.27. The number of aryl methyl sites for hydroxylation is 1. The molecular weight excluding hydrogens is 480 g/mol. The van der Waals surface area contributed by atoms with Crippen LogP contribution in [0.1, 0.15) is 54.0 Å². The first-order valence-electron chi connectivity index (χ1n) is 9.42. The van der Waals surface area contributed by atoms with Gasteiger partial charge in [0.2, 0.25) is 5.91 Å². The van der Waals surface area contributed by atoms with Crippen molar-refractivity contribution in [2.45, 2.75) is 19.2 Å². The zero-order valence-corrected chi connectivity index (χ0v) is 19.1. The third-order valence-electron chi connectivity index (χ3n) is 5.02. The number of hydrogen-bond donors (Lipinski definition) is 1. The van der Waals surface area contributed by atoms with Gasteiger partial charge in [-0.3, -0.25) is 19.2 Å². The van der Waals surface area contributed by atoms with Crippen molar-refractivity contribution in [1.82, 2.24) is 0 Å². The molecule has 1 aliphatic heterocycles. The maximum absolute atomic E-state index is 13.5. The number of ketones is 1. The number of anilines is 2. The van der Waals surface area contributed by atoms with Gasteiger partial charge in [0.15, 0.2) is 5.78 Å². The van der Waals surface area contributed by atoms with E-state index in [0.717, 1.165) is 15.3 Å². The maximum Gasteiger partial charge on any atom is 0.266 e. The summed E-state index contributed by atoms with van der Waals surface area (Å²) in [4.78, 5) is 52.7. The van der Waals surface area contributed by atoms with Crippen LogP contribution in [0.15, 0.2) is 48.5 Å². The molecule has 2 aromatic carbocycles. The highest BCUT2D eigenvalue weighted by atomic mass is 79.9. The highest BCUT2D eigenvalue weighted by Crippen LogP contribution is 2.41. The molecule has 8 heteroatoms. The predicted octanol–water partition coefficient (Wildman–Crippen LogP) is 4.94. The molecule has 3 amide bonds. The summed E-state index contributed by atoms with van der Waals surface area (Å²) in [6, 6.07) is 13.2. The molecule has 1 aromatic heterocycles. The van der Waals surface area contributed by atoms with Gasteiger partial charge in [-0.1, -0.05) is 28.1 Å². The smallest absolute Gasteiger partial charge is 0.266 e. The molecule has 0 radical (unpaired) electrons. The number of fused-ring (bicyclic) bond motifs is 1. The summed E-state index contributed by atoms with van der Waals surface area (Å²) in [5.41, 5.74) is 2.71. The topological polar surface area (TPSA) is 83.6 Å². The van der Waals surface area contributed by atoms with Gasteiger partial charge in [0.1, 0.15) is 5.00 Å². The van der Waals surface area contributed by atoms with E-state index in [4.69, 9.17) is 0 Å². The third kappa shape index (κ3) is 3.62. The molecule has 0 bridgehead atoms. The number of carbonyl (C=O) groups is 4. The van der Waals surface area contributed by atoms with Crippen LogP contribution in [-0.4, -0.2) is 23.5 Å². The second kappa shape index (κ2) is 8.20. The fraction of sp³-hybridized carbons (Fsp3) is 0.130. The zero-order chi connectivity index (χ0) is 22.3. The first-order chi connectivity index (χ1) is 14.8. The van der Waals surface area contributed by atoms with Gasteiger partial charge in [-0.25, -0.2) is 4.90 Å². The van der Waals surface area contributed by atoms with E-state index in [2.05, 4.69) is 21.2 Å². The van der Waals surface area contributed by atoms with Crippen LogP contribution in [0.3, 0.4) is 0 Å². The Labute approximate surface area is 191 Å². The minimum atomic E-state index is -0.432. The Morgan fingerprint density at radius 1 is 1.00 bits per heavy atom. The Morgan fingerprint density at radius 2 is 1.58 bits per heavy atom. The highest BCUT2D eigenvalue weighted by Gasteiger charge is 2.40. The second-order valence-corrected chi connectivity index (χ2v) is 8.79. The van der Waals surface area contributed by atoms with Crippen LogP contribution in [0.5, 0.6) is 0 Å².